The smallest absolute Gasteiger partial charge is 0.269 e. The molecule has 0 saturated heterocycles. The summed E-state index contributed by atoms with van der Waals surface area (Å²) >= 11 is 0. The van der Waals surface area contributed by atoms with Gasteiger partial charge in [-0.2, -0.15) is 0 Å². The zero-order valence-corrected chi connectivity index (χ0v) is 12.6. The van der Waals surface area contributed by atoms with Crippen LogP contribution in [0.1, 0.15) is 15.9 Å². The minimum Gasteiger partial charge on any atom is -0.366 e. The van der Waals surface area contributed by atoms with Crippen LogP contribution in [0.15, 0.2) is 48.5 Å². The number of para-hydroxylation sites is 1. The summed E-state index contributed by atoms with van der Waals surface area (Å²) in [5, 5.41) is 10.7. The molecular weight excluding hydrogens is 322 g/mol. The molecule has 0 heterocycles. The first-order chi connectivity index (χ1) is 10.8. The molecule has 0 aliphatic heterocycles. The average molecular weight is 335 g/mol. The summed E-state index contributed by atoms with van der Waals surface area (Å²) in [5.41, 5.74) is 5.34. The minimum atomic E-state index is -3.87. The Balaban J connectivity index is 2.25. The molecule has 0 radical (unpaired) electrons. The van der Waals surface area contributed by atoms with Gasteiger partial charge >= 0.3 is 0 Å². The topological polar surface area (TPSA) is 132 Å². The lowest BCUT2D eigenvalue weighted by Gasteiger charge is -2.10. The van der Waals surface area contributed by atoms with Crippen molar-refractivity contribution in [2.24, 2.45) is 5.73 Å². The van der Waals surface area contributed by atoms with Gasteiger partial charge < -0.3 is 5.73 Å². The maximum atomic E-state index is 12.2. The molecule has 2 rings (SSSR count). The van der Waals surface area contributed by atoms with E-state index in [9.17, 15) is 23.3 Å². The lowest BCUT2D eigenvalue weighted by atomic mass is 10.2. The highest BCUT2D eigenvalue weighted by Crippen LogP contribution is 2.19. The number of nitro groups is 1. The van der Waals surface area contributed by atoms with E-state index >= 15 is 0 Å². The van der Waals surface area contributed by atoms with Crippen LogP contribution in [0.3, 0.4) is 0 Å². The van der Waals surface area contributed by atoms with Gasteiger partial charge in [-0.3, -0.25) is 19.6 Å². The Bertz CT molecular complexity index is 864. The number of nitro benzene ring substituents is 1. The van der Waals surface area contributed by atoms with Gasteiger partial charge in [0.15, 0.2) is 0 Å². The molecule has 0 bridgehead atoms. The number of rotatable bonds is 6. The number of carbonyl (C=O) groups excluding carboxylic acids is 1. The minimum absolute atomic E-state index is 0.0371. The maximum absolute atomic E-state index is 12.2. The SMILES string of the molecule is NC(=O)c1ccccc1NS(=O)(=O)Cc1cccc([N+](=O)[O-])c1. The molecule has 0 fully saturated rings. The van der Waals surface area contributed by atoms with E-state index in [0.29, 0.717) is 0 Å². The average Bonchev–Trinajstić information content (AvgIpc) is 2.46. The van der Waals surface area contributed by atoms with Crippen LogP contribution >= 0.6 is 0 Å². The highest BCUT2D eigenvalue weighted by molar-refractivity contribution is 7.91. The third-order valence-corrected chi connectivity index (χ3v) is 4.18. The summed E-state index contributed by atoms with van der Waals surface area (Å²) in [6, 6.07) is 11.2. The number of benzene rings is 2. The van der Waals surface area contributed by atoms with Crippen LogP contribution < -0.4 is 10.5 Å². The summed E-state index contributed by atoms with van der Waals surface area (Å²) in [7, 11) is -3.87. The molecule has 0 aliphatic carbocycles. The standard InChI is InChI=1S/C14H13N3O5S/c15-14(18)12-6-1-2-7-13(12)16-23(21,22)9-10-4-3-5-11(8-10)17(19)20/h1-8,16H,9H2,(H2,15,18). The fraction of sp³-hybridized carbons (Fsp3) is 0.0714. The number of hydrogen-bond acceptors (Lipinski definition) is 5. The molecular formula is C14H13N3O5S. The molecule has 23 heavy (non-hydrogen) atoms. The van der Waals surface area contributed by atoms with E-state index in [1.165, 1.54) is 36.4 Å². The van der Waals surface area contributed by atoms with Crippen LogP contribution in [0, 0.1) is 10.1 Å². The molecule has 0 unspecified atom stereocenters. The second kappa shape index (κ2) is 6.44. The van der Waals surface area contributed by atoms with Crippen molar-refractivity contribution in [3.8, 4) is 0 Å². The second-order valence-electron chi connectivity index (χ2n) is 4.70. The summed E-state index contributed by atoms with van der Waals surface area (Å²) in [4.78, 5) is 21.4. The van der Waals surface area contributed by atoms with E-state index in [1.54, 1.807) is 12.1 Å². The van der Waals surface area contributed by atoms with E-state index in [-0.39, 0.29) is 22.5 Å². The van der Waals surface area contributed by atoms with E-state index in [4.69, 9.17) is 5.73 Å². The van der Waals surface area contributed by atoms with Crippen LogP contribution in [-0.4, -0.2) is 19.2 Å². The first-order valence-corrected chi connectivity index (χ1v) is 8.06. The Morgan fingerprint density at radius 3 is 2.52 bits per heavy atom. The Labute approximate surface area is 132 Å². The maximum Gasteiger partial charge on any atom is 0.269 e. The third-order valence-electron chi connectivity index (χ3n) is 2.94. The van der Waals surface area contributed by atoms with Crippen LogP contribution in [0.25, 0.3) is 0 Å². The number of nitrogens with two attached hydrogens (primary N) is 1. The molecule has 0 aromatic heterocycles. The van der Waals surface area contributed by atoms with Crippen molar-refractivity contribution in [3.63, 3.8) is 0 Å². The molecule has 0 atom stereocenters. The Morgan fingerprint density at radius 1 is 1.17 bits per heavy atom. The van der Waals surface area contributed by atoms with Crippen molar-refractivity contribution < 1.29 is 18.1 Å². The normalized spacial score (nSPS) is 11.0. The van der Waals surface area contributed by atoms with Crippen molar-refractivity contribution in [2.45, 2.75) is 5.75 Å². The van der Waals surface area contributed by atoms with E-state index in [1.807, 2.05) is 0 Å². The van der Waals surface area contributed by atoms with Gasteiger partial charge in [0.2, 0.25) is 10.0 Å². The fourth-order valence-electron chi connectivity index (χ4n) is 1.97. The molecule has 8 nitrogen and oxygen atoms in total. The van der Waals surface area contributed by atoms with Crippen molar-refractivity contribution in [1.29, 1.82) is 0 Å². The second-order valence-corrected chi connectivity index (χ2v) is 6.42. The van der Waals surface area contributed by atoms with Crippen LogP contribution in [0.5, 0.6) is 0 Å². The van der Waals surface area contributed by atoms with Crippen LogP contribution in [-0.2, 0) is 15.8 Å². The number of hydrogen-bond donors (Lipinski definition) is 2. The molecule has 0 saturated carbocycles. The molecule has 3 N–H and O–H groups in total. The molecule has 9 heteroatoms. The predicted octanol–water partition coefficient (Wildman–Crippen LogP) is 1.64. The van der Waals surface area contributed by atoms with Gasteiger partial charge in [0.1, 0.15) is 0 Å². The number of carbonyl (C=O) groups is 1. The van der Waals surface area contributed by atoms with Gasteiger partial charge in [-0.25, -0.2) is 8.42 Å². The first-order valence-electron chi connectivity index (χ1n) is 6.41. The first kappa shape index (κ1) is 16.4. The Hall–Kier alpha value is -2.94. The van der Waals surface area contributed by atoms with Crippen LogP contribution in [0.2, 0.25) is 0 Å². The lowest BCUT2D eigenvalue weighted by molar-refractivity contribution is -0.384. The molecule has 0 aliphatic rings. The van der Waals surface area contributed by atoms with E-state index in [2.05, 4.69) is 4.72 Å². The number of nitrogens with zero attached hydrogens (tertiary/aromatic N) is 1. The molecule has 1 amide bonds. The lowest BCUT2D eigenvalue weighted by Crippen LogP contribution is -2.19. The van der Waals surface area contributed by atoms with Crippen LogP contribution in [0.4, 0.5) is 11.4 Å². The third kappa shape index (κ3) is 4.27. The number of non-ortho nitro benzene ring substituents is 1. The number of anilines is 1. The van der Waals surface area contributed by atoms with Gasteiger partial charge in [-0.1, -0.05) is 24.3 Å². The quantitative estimate of drug-likeness (QED) is 0.611. The number of nitrogens with one attached hydrogen (secondary N) is 1. The highest BCUT2D eigenvalue weighted by Gasteiger charge is 2.17. The van der Waals surface area contributed by atoms with Crippen molar-refractivity contribution >= 4 is 27.3 Å². The summed E-state index contributed by atoms with van der Waals surface area (Å²) in [6.45, 7) is 0. The molecule has 2 aromatic rings. The molecule has 120 valence electrons. The number of primary amides is 1. The highest BCUT2D eigenvalue weighted by atomic mass is 32.2. The largest absolute Gasteiger partial charge is 0.366 e. The monoisotopic (exact) mass is 335 g/mol. The Morgan fingerprint density at radius 2 is 1.87 bits per heavy atom. The van der Waals surface area contributed by atoms with Gasteiger partial charge in [0, 0.05) is 12.1 Å². The molecule has 2 aromatic carbocycles. The van der Waals surface area contributed by atoms with Crippen molar-refractivity contribution in [3.05, 3.63) is 69.8 Å². The zero-order chi connectivity index (χ0) is 17.0. The summed E-state index contributed by atoms with van der Waals surface area (Å²) in [6.07, 6.45) is 0. The zero-order valence-electron chi connectivity index (χ0n) is 11.8. The van der Waals surface area contributed by atoms with Crippen molar-refractivity contribution in [2.75, 3.05) is 4.72 Å². The summed E-state index contributed by atoms with van der Waals surface area (Å²) in [5.74, 6) is -1.24. The van der Waals surface area contributed by atoms with Gasteiger partial charge in [0.05, 0.1) is 21.9 Å². The molecule has 0 spiro atoms. The Kier molecular flexibility index (Phi) is 4.60. The van der Waals surface area contributed by atoms with Gasteiger partial charge in [0.25, 0.3) is 11.6 Å². The fourth-order valence-corrected chi connectivity index (χ4v) is 3.17. The summed E-state index contributed by atoms with van der Waals surface area (Å²) < 4.78 is 26.7. The van der Waals surface area contributed by atoms with Gasteiger partial charge in [-0.05, 0) is 17.7 Å². The number of sulfonamides is 1. The van der Waals surface area contributed by atoms with E-state index < -0.39 is 26.6 Å². The van der Waals surface area contributed by atoms with E-state index in [0.717, 1.165) is 0 Å². The number of amides is 1. The van der Waals surface area contributed by atoms with Gasteiger partial charge in [-0.15, -0.1) is 0 Å². The predicted molar refractivity (Wildman–Crippen MR) is 84.3 cm³/mol. The van der Waals surface area contributed by atoms with Crippen molar-refractivity contribution in [1.82, 2.24) is 0 Å².